The molecule has 2 rings (SSSR count). The summed E-state index contributed by atoms with van der Waals surface area (Å²) in [6.45, 7) is 2.36. The lowest BCUT2D eigenvalue weighted by atomic mass is 10.0. The SMILES string of the molecule is Cn1cc(C[C@H]2CCNC2)cn1. The summed E-state index contributed by atoms with van der Waals surface area (Å²) in [6.07, 6.45) is 6.58. The zero-order chi connectivity index (χ0) is 8.39. The van der Waals surface area contributed by atoms with Gasteiger partial charge in [0.25, 0.3) is 0 Å². The molecule has 1 N–H and O–H groups in total. The van der Waals surface area contributed by atoms with Crippen LogP contribution in [0.1, 0.15) is 12.0 Å². The van der Waals surface area contributed by atoms with E-state index in [1.54, 1.807) is 0 Å². The van der Waals surface area contributed by atoms with Gasteiger partial charge in [-0.1, -0.05) is 0 Å². The highest BCUT2D eigenvalue weighted by Gasteiger charge is 2.14. The van der Waals surface area contributed by atoms with Crippen LogP contribution in [0.4, 0.5) is 0 Å². The van der Waals surface area contributed by atoms with Gasteiger partial charge < -0.3 is 5.32 Å². The summed E-state index contributed by atoms with van der Waals surface area (Å²) in [4.78, 5) is 0. The van der Waals surface area contributed by atoms with E-state index in [2.05, 4.69) is 16.6 Å². The Labute approximate surface area is 72.8 Å². The van der Waals surface area contributed by atoms with Crippen LogP contribution in [0.2, 0.25) is 0 Å². The minimum Gasteiger partial charge on any atom is -0.316 e. The highest BCUT2D eigenvalue weighted by molar-refractivity contribution is 5.05. The Morgan fingerprint density at radius 1 is 1.75 bits per heavy atom. The first-order valence-corrected chi connectivity index (χ1v) is 4.53. The summed E-state index contributed by atoms with van der Waals surface area (Å²) < 4.78 is 1.87. The molecule has 0 aliphatic carbocycles. The van der Waals surface area contributed by atoms with Crippen LogP contribution in [0, 0.1) is 5.92 Å². The normalized spacial score (nSPS) is 23.2. The van der Waals surface area contributed by atoms with E-state index in [-0.39, 0.29) is 0 Å². The van der Waals surface area contributed by atoms with E-state index >= 15 is 0 Å². The van der Waals surface area contributed by atoms with Crippen molar-refractivity contribution in [3.05, 3.63) is 18.0 Å². The fourth-order valence-electron chi connectivity index (χ4n) is 1.80. The van der Waals surface area contributed by atoms with E-state index in [1.165, 1.54) is 31.5 Å². The second-order valence-corrected chi connectivity index (χ2v) is 3.59. The quantitative estimate of drug-likeness (QED) is 0.694. The number of hydrogen-bond donors (Lipinski definition) is 1. The smallest absolute Gasteiger partial charge is 0.0521 e. The molecular weight excluding hydrogens is 150 g/mol. The van der Waals surface area contributed by atoms with E-state index in [0.29, 0.717) is 0 Å². The van der Waals surface area contributed by atoms with Crippen LogP contribution in [0.3, 0.4) is 0 Å². The number of rotatable bonds is 2. The van der Waals surface area contributed by atoms with Crippen LogP contribution in [0.25, 0.3) is 0 Å². The summed E-state index contributed by atoms with van der Waals surface area (Å²) in [5.41, 5.74) is 1.37. The summed E-state index contributed by atoms with van der Waals surface area (Å²) in [5.74, 6) is 0.828. The third-order valence-electron chi connectivity index (χ3n) is 2.45. The van der Waals surface area contributed by atoms with Crippen LogP contribution >= 0.6 is 0 Å². The van der Waals surface area contributed by atoms with Gasteiger partial charge in [0, 0.05) is 13.2 Å². The standard InChI is InChI=1S/C9H15N3/c1-12-7-9(6-11-12)4-8-2-3-10-5-8/h6-8,10H,2-5H2,1H3/t8-/m1/s1. The van der Waals surface area contributed by atoms with Gasteiger partial charge in [-0.2, -0.15) is 5.10 Å². The van der Waals surface area contributed by atoms with Crippen LogP contribution in [-0.4, -0.2) is 22.9 Å². The number of nitrogens with one attached hydrogen (secondary N) is 1. The van der Waals surface area contributed by atoms with Crippen molar-refractivity contribution in [1.82, 2.24) is 15.1 Å². The Morgan fingerprint density at radius 2 is 2.67 bits per heavy atom. The Balaban J connectivity index is 1.94. The molecule has 1 aliphatic heterocycles. The van der Waals surface area contributed by atoms with E-state index in [0.717, 1.165) is 5.92 Å². The van der Waals surface area contributed by atoms with Crippen molar-refractivity contribution in [2.45, 2.75) is 12.8 Å². The van der Waals surface area contributed by atoms with Crippen molar-refractivity contribution in [2.75, 3.05) is 13.1 Å². The average molecular weight is 165 g/mol. The van der Waals surface area contributed by atoms with Gasteiger partial charge in [-0.25, -0.2) is 0 Å². The zero-order valence-electron chi connectivity index (χ0n) is 7.45. The minimum atomic E-state index is 0.828. The van der Waals surface area contributed by atoms with Gasteiger partial charge in [0.15, 0.2) is 0 Å². The molecule has 3 nitrogen and oxygen atoms in total. The summed E-state index contributed by atoms with van der Waals surface area (Å²) >= 11 is 0. The molecule has 1 aliphatic rings. The molecule has 1 fully saturated rings. The fraction of sp³-hybridized carbons (Fsp3) is 0.667. The lowest BCUT2D eigenvalue weighted by molar-refractivity contribution is 0.580. The van der Waals surface area contributed by atoms with Crippen molar-refractivity contribution < 1.29 is 0 Å². The van der Waals surface area contributed by atoms with Crippen LogP contribution in [0.15, 0.2) is 12.4 Å². The highest BCUT2D eigenvalue weighted by atomic mass is 15.2. The molecule has 1 saturated heterocycles. The van der Waals surface area contributed by atoms with E-state index in [4.69, 9.17) is 0 Å². The predicted octanol–water partition coefficient (Wildman–Crippen LogP) is 0.572. The molecule has 1 aromatic heterocycles. The van der Waals surface area contributed by atoms with Crippen LogP contribution < -0.4 is 5.32 Å². The van der Waals surface area contributed by atoms with E-state index in [1.807, 2.05) is 17.9 Å². The third-order valence-corrected chi connectivity index (χ3v) is 2.45. The minimum absolute atomic E-state index is 0.828. The van der Waals surface area contributed by atoms with Crippen molar-refractivity contribution in [1.29, 1.82) is 0 Å². The molecule has 0 amide bonds. The Morgan fingerprint density at radius 3 is 3.25 bits per heavy atom. The average Bonchev–Trinajstić information content (AvgIpc) is 2.63. The van der Waals surface area contributed by atoms with Gasteiger partial charge in [-0.15, -0.1) is 0 Å². The Kier molecular flexibility index (Phi) is 2.13. The largest absolute Gasteiger partial charge is 0.316 e. The number of nitrogens with zero attached hydrogens (tertiary/aromatic N) is 2. The molecule has 0 spiro atoms. The molecule has 12 heavy (non-hydrogen) atoms. The summed E-state index contributed by atoms with van der Waals surface area (Å²) in [6, 6.07) is 0. The van der Waals surface area contributed by atoms with Crippen LogP contribution in [0.5, 0.6) is 0 Å². The van der Waals surface area contributed by atoms with Gasteiger partial charge in [-0.05, 0) is 37.4 Å². The maximum atomic E-state index is 4.15. The second kappa shape index (κ2) is 3.27. The monoisotopic (exact) mass is 165 g/mol. The molecule has 1 aromatic rings. The van der Waals surface area contributed by atoms with Crippen molar-refractivity contribution >= 4 is 0 Å². The maximum Gasteiger partial charge on any atom is 0.0521 e. The molecule has 0 bridgehead atoms. The number of aryl methyl sites for hydroxylation is 1. The van der Waals surface area contributed by atoms with Gasteiger partial charge in [0.1, 0.15) is 0 Å². The number of aromatic nitrogens is 2. The third kappa shape index (κ3) is 1.67. The first-order chi connectivity index (χ1) is 5.84. The molecule has 1 atom stereocenters. The zero-order valence-corrected chi connectivity index (χ0v) is 7.45. The molecule has 2 heterocycles. The first kappa shape index (κ1) is 7.80. The lowest BCUT2D eigenvalue weighted by Crippen LogP contribution is -2.10. The molecule has 0 radical (unpaired) electrons. The second-order valence-electron chi connectivity index (χ2n) is 3.59. The summed E-state index contributed by atoms with van der Waals surface area (Å²) in [5, 5.41) is 7.53. The van der Waals surface area contributed by atoms with E-state index < -0.39 is 0 Å². The van der Waals surface area contributed by atoms with Gasteiger partial charge in [0.2, 0.25) is 0 Å². The molecule has 66 valence electrons. The fourth-order valence-corrected chi connectivity index (χ4v) is 1.80. The van der Waals surface area contributed by atoms with Gasteiger partial charge in [0.05, 0.1) is 6.20 Å². The topological polar surface area (TPSA) is 29.9 Å². The van der Waals surface area contributed by atoms with Crippen LogP contribution in [-0.2, 0) is 13.5 Å². The van der Waals surface area contributed by atoms with Gasteiger partial charge >= 0.3 is 0 Å². The Hall–Kier alpha value is -0.830. The molecule has 0 unspecified atom stereocenters. The molecule has 0 saturated carbocycles. The molecule has 3 heteroatoms. The van der Waals surface area contributed by atoms with E-state index in [9.17, 15) is 0 Å². The molecule has 0 aromatic carbocycles. The Bertz CT molecular complexity index is 248. The van der Waals surface area contributed by atoms with Gasteiger partial charge in [-0.3, -0.25) is 4.68 Å². The first-order valence-electron chi connectivity index (χ1n) is 4.53. The number of hydrogen-bond acceptors (Lipinski definition) is 2. The highest BCUT2D eigenvalue weighted by Crippen LogP contribution is 2.13. The molecular formula is C9H15N3. The lowest BCUT2D eigenvalue weighted by Gasteiger charge is -2.04. The maximum absolute atomic E-state index is 4.15. The summed E-state index contributed by atoms with van der Waals surface area (Å²) in [7, 11) is 1.97. The predicted molar refractivity (Wildman–Crippen MR) is 47.9 cm³/mol. The van der Waals surface area contributed by atoms with Crippen molar-refractivity contribution in [2.24, 2.45) is 13.0 Å². The van der Waals surface area contributed by atoms with Crippen molar-refractivity contribution in [3.63, 3.8) is 0 Å². The van der Waals surface area contributed by atoms with Crippen molar-refractivity contribution in [3.8, 4) is 0 Å².